The van der Waals surface area contributed by atoms with Gasteiger partial charge < -0.3 is 10.6 Å². The van der Waals surface area contributed by atoms with Gasteiger partial charge in [0.15, 0.2) is 0 Å². The lowest BCUT2D eigenvalue weighted by Crippen LogP contribution is -2.34. The molecule has 1 aliphatic heterocycles. The average Bonchev–Trinajstić information content (AvgIpc) is 3.13. The molecule has 0 saturated carbocycles. The lowest BCUT2D eigenvalue weighted by molar-refractivity contribution is 0.0744. The molecule has 1 aliphatic rings. The van der Waals surface area contributed by atoms with Crippen LogP contribution in [0.15, 0.2) is 30.5 Å². The standard InChI is InChI=1S/C16H19ClN4O/c1-10-6-11(7-18)9-21(10)16(22)13-8-19-20-15(13)12-4-2-3-5-14(12)17/h2-5,8,10-11H,6-7,9,18H2,1H3,(H,19,20). The number of rotatable bonds is 3. The van der Waals surface area contributed by atoms with Gasteiger partial charge in [-0.3, -0.25) is 9.89 Å². The lowest BCUT2D eigenvalue weighted by Gasteiger charge is -2.21. The van der Waals surface area contributed by atoms with Gasteiger partial charge in [0.1, 0.15) is 0 Å². The molecule has 2 aromatic rings. The summed E-state index contributed by atoms with van der Waals surface area (Å²) in [4.78, 5) is 14.7. The molecule has 0 bridgehead atoms. The number of hydrogen-bond donors (Lipinski definition) is 2. The van der Waals surface area contributed by atoms with E-state index < -0.39 is 0 Å². The highest BCUT2D eigenvalue weighted by atomic mass is 35.5. The van der Waals surface area contributed by atoms with E-state index in [0.717, 1.165) is 12.0 Å². The van der Waals surface area contributed by atoms with E-state index in [1.807, 2.05) is 23.1 Å². The molecule has 2 atom stereocenters. The average molecular weight is 319 g/mol. The number of benzene rings is 1. The Bertz CT molecular complexity index is 684. The first-order valence-corrected chi connectivity index (χ1v) is 7.79. The number of likely N-dealkylation sites (tertiary alicyclic amines) is 1. The third-order valence-electron chi connectivity index (χ3n) is 4.27. The van der Waals surface area contributed by atoms with Crippen LogP contribution in [-0.2, 0) is 0 Å². The zero-order valence-corrected chi connectivity index (χ0v) is 13.2. The Morgan fingerprint density at radius 2 is 2.27 bits per heavy atom. The highest BCUT2D eigenvalue weighted by Crippen LogP contribution is 2.31. The maximum absolute atomic E-state index is 12.9. The maximum Gasteiger partial charge on any atom is 0.257 e. The molecular weight excluding hydrogens is 300 g/mol. The van der Waals surface area contributed by atoms with Crippen LogP contribution in [0.4, 0.5) is 0 Å². The Morgan fingerprint density at radius 1 is 1.50 bits per heavy atom. The van der Waals surface area contributed by atoms with Gasteiger partial charge in [-0.15, -0.1) is 0 Å². The van der Waals surface area contributed by atoms with Crippen molar-refractivity contribution in [2.24, 2.45) is 11.7 Å². The summed E-state index contributed by atoms with van der Waals surface area (Å²) in [6.07, 6.45) is 2.52. The molecule has 6 heteroatoms. The van der Waals surface area contributed by atoms with Crippen LogP contribution in [-0.4, -0.2) is 40.1 Å². The van der Waals surface area contributed by atoms with Crippen LogP contribution in [0.3, 0.4) is 0 Å². The van der Waals surface area contributed by atoms with Crippen LogP contribution in [0.5, 0.6) is 0 Å². The second-order valence-electron chi connectivity index (χ2n) is 5.78. The molecule has 1 aromatic carbocycles. The Hall–Kier alpha value is -1.85. The predicted molar refractivity (Wildman–Crippen MR) is 86.7 cm³/mol. The van der Waals surface area contributed by atoms with Gasteiger partial charge in [0, 0.05) is 23.2 Å². The number of nitrogens with zero attached hydrogens (tertiary/aromatic N) is 2. The van der Waals surface area contributed by atoms with Crippen molar-refractivity contribution in [1.82, 2.24) is 15.1 Å². The minimum atomic E-state index is -0.0212. The number of nitrogens with one attached hydrogen (secondary N) is 1. The lowest BCUT2D eigenvalue weighted by atomic mass is 10.1. The number of H-pyrrole nitrogens is 1. The quantitative estimate of drug-likeness (QED) is 0.913. The van der Waals surface area contributed by atoms with E-state index in [-0.39, 0.29) is 11.9 Å². The van der Waals surface area contributed by atoms with E-state index >= 15 is 0 Å². The largest absolute Gasteiger partial charge is 0.335 e. The fourth-order valence-corrected chi connectivity index (χ4v) is 3.30. The number of halogens is 1. The van der Waals surface area contributed by atoms with Crippen molar-refractivity contribution >= 4 is 17.5 Å². The molecule has 2 heterocycles. The van der Waals surface area contributed by atoms with Crippen molar-refractivity contribution in [3.8, 4) is 11.3 Å². The van der Waals surface area contributed by atoms with E-state index in [1.165, 1.54) is 0 Å². The van der Waals surface area contributed by atoms with E-state index in [9.17, 15) is 4.79 Å². The minimum absolute atomic E-state index is 0.0212. The van der Waals surface area contributed by atoms with Crippen LogP contribution in [0, 0.1) is 5.92 Å². The van der Waals surface area contributed by atoms with Crippen LogP contribution in [0.25, 0.3) is 11.3 Å². The summed E-state index contributed by atoms with van der Waals surface area (Å²) in [6.45, 7) is 3.36. The normalized spacial score (nSPS) is 21.3. The van der Waals surface area contributed by atoms with Gasteiger partial charge in [-0.1, -0.05) is 29.8 Å². The summed E-state index contributed by atoms with van der Waals surface area (Å²) >= 11 is 6.24. The SMILES string of the molecule is CC1CC(CN)CN1C(=O)c1cn[nH]c1-c1ccccc1Cl. The highest BCUT2D eigenvalue weighted by molar-refractivity contribution is 6.33. The fraction of sp³-hybridized carbons (Fsp3) is 0.375. The second kappa shape index (κ2) is 6.10. The predicted octanol–water partition coefficient (Wildman–Crippen LogP) is 2.54. The molecule has 3 N–H and O–H groups in total. The Morgan fingerprint density at radius 3 is 2.95 bits per heavy atom. The number of nitrogens with two attached hydrogens (primary N) is 1. The fourth-order valence-electron chi connectivity index (χ4n) is 3.07. The molecule has 116 valence electrons. The first-order valence-electron chi connectivity index (χ1n) is 7.41. The smallest absolute Gasteiger partial charge is 0.257 e. The summed E-state index contributed by atoms with van der Waals surface area (Å²) in [5, 5.41) is 7.53. The summed E-state index contributed by atoms with van der Waals surface area (Å²) in [5.41, 5.74) is 7.75. The molecule has 1 aromatic heterocycles. The van der Waals surface area contributed by atoms with Gasteiger partial charge >= 0.3 is 0 Å². The van der Waals surface area contributed by atoms with Crippen molar-refractivity contribution in [3.05, 3.63) is 41.0 Å². The maximum atomic E-state index is 12.9. The van der Waals surface area contributed by atoms with Crippen molar-refractivity contribution in [1.29, 1.82) is 0 Å². The Kier molecular flexibility index (Phi) is 4.18. The highest BCUT2D eigenvalue weighted by Gasteiger charge is 2.33. The van der Waals surface area contributed by atoms with E-state index in [2.05, 4.69) is 17.1 Å². The Balaban J connectivity index is 1.92. The van der Waals surface area contributed by atoms with Crippen molar-refractivity contribution in [3.63, 3.8) is 0 Å². The van der Waals surface area contributed by atoms with Gasteiger partial charge in [-0.2, -0.15) is 5.10 Å². The molecule has 0 aliphatic carbocycles. The molecule has 22 heavy (non-hydrogen) atoms. The van der Waals surface area contributed by atoms with Crippen molar-refractivity contribution in [2.45, 2.75) is 19.4 Å². The van der Waals surface area contributed by atoms with Crippen molar-refractivity contribution < 1.29 is 4.79 Å². The van der Waals surface area contributed by atoms with Gasteiger partial charge in [0.05, 0.1) is 17.5 Å². The van der Waals surface area contributed by atoms with Crippen LogP contribution >= 0.6 is 11.6 Å². The molecule has 2 unspecified atom stereocenters. The summed E-state index contributed by atoms with van der Waals surface area (Å²) in [6, 6.07) is 7.62. The van der Waals surface area contributed by atoms with Gasteiger partial charge in [-0.25, -0.2) is 0 Å². The first-order chi connectivity index (χ1) is 10.6. The minimum Gasteiger partial charge on any atom is -0.335 e. The summed E-state index contributed by atoms with van der Waals surface area (Å²) in [7, 11) is 0. The molecule has 0 spiro atoms. The monoisotopic (exact) mass is 318 g/mol. The number of carbonyl (C=O) groups is 1. The zero-order valence-electron chi connectivity index (χ0n) is 12.4. The molecular formula is C16H19ClN4O. The molecule has 3 rings (SSSR count). The topological polar surface area (TPSA) is 75.0 Å². The van der Waals surface area contributed by atoms with Crippen LogP contribution in [0.2, 0.25) is 5.02 Å². The molecule has 1 fully saturated rings. The van der Waals surface area contributed by atoms with E-state index in [0.29, 0.717) is 35.3 Å². The summed E-state index contributed by atoms with van der Waals surface area (Å²) < 4.78 is 0. The number of aromatic amines is 1. The van der Waals surface area contributed by atoms with Crippen molar-refractivity contribution in [2.75, 3.05) is 13.1 Å². The number of hydrogen-bond acceptors (Lipinski definition) is 3. The first kappa shape index (κ1) is 15.1. The van der Waals surface area contributed by atoms with Gasteiger partial charge in [0.25, 0.3) is 5.91 Å². The molecule has 1 amide bonds. The number of carbonyl (C=O) groups excluding carboxylic acids is 1. The molecule has 5 nitrogen and oxygen atoms in total. The third kappa shape index (κ3) is 2.62. The zero-order chi connectivity index (χ0) is 15.7. The van der Waals surface area contributed by atoms with Gasteiger partial charge in [0.2, 0.25) is 0 Å². The van der Waals surface area contributed by atoms with Crippen LogP contribution in [0.1, 0.15) is 23.7 Å². The van der Waals surface area contributed by atoms with E-state index in [1.54, 1.807) is 12.3 Å². The molecule has 1 saturated heterocycles. The summed E-state index contributed by atoms with van der Waals surface area (Å²) in [5.74, 6) is 0.349. The van der Waals surface area contributed by atoms with Crippen LogP contribution < -0.4 is 5.73 Å². The Labute approximate surface area is 134 Å². The van der Waals surface area contributed by atoms with Gasteiger partial charge in [-0.05, 0) is 31.9 Å². The third-order valence-corrected chi connectivity index (χ3v) is 4.60. The molecule has 0 radical (unpaired) electrons. The second-order valence-corrected chi connectivity index (χ2v) is 6.19. The number of aromatic nitrogens is 2. The number of amides is 1. The van der Waals surface area contributed by atoms with E-state index in [4.69, 9.17) is 17.3 Å².